The molecule has 0 spiro atoms. The van der Waals surface area contributed by atoms with Gasteiger partial charge >= 0.3 is 0 Å². The number of halogens is 3. The van der Waals surface area contributed by atoms with E-state index in [2.05, 4.69) is 5.32 Å². The van der Waals surface area contributed by atoms with Crippen molar-refractivity contribution >= 4 is 40.9 Å². The SMILES string of the molecule is Cl.NCCCCNC(=O)c1ccc(I)c(F)c1. The average Bonchev–Trinajstić information content (AvgIpc) is 2.28. The van der Waals surface area contributed by atoms with Crippen molar-refractivity contribution in [1.82, 2.24) is 5.32 Å². The molecule has 0 aliphatic carbocycles. The monoisotopic (exact) mass is 372 g/mol. The van der Waals surface area contributed by atoms with Gasteiger partial charge < -0.3 is 11.1 Å². The van der Waals surface area contributed by atoms with Crippen LogP contribution in [0.2, 0.25) is 0 Å². The Balaban J connectivity index is 0.00000256. The lowest BCUT2D eigenvalue weighted by Gasteiger charge is -2.05. The Morgan fingerprint density at radius 2 is 2.12 bits per heavy atom. The highest BCUT2D eigenvalue weighted by atomic mass is 127. The van der Waals surface area contributed by atoms with Crippen molar-refractivity contribution in [2.24, 2.45) is 5.73 Å². The van der Waals surface area contributed by atoms with E-state index >= 15 is 0 Å². The van der Waals surface area contributed by atoms with Crippen LogP contribution in [0.25, 0.3) is 0 Å². The number of benzene rings is 1. The molecule has 1 aromatic rings. The molecular weight excluding hydrogens is 357 g/mol. The highest BCUT2D eigenvalue weighted by molar-refractivity contribution is 14.1. The van der Waals surface area contributed by atoms with Gasteiger partial charge in [-0.15, -0.1) is 12.4 Å². The van der Waals surface area contributed by atoms with Crippen molar-refractivity contribution in [2.75, 3.05) is 13.1 Å². The molecule has 1 rings (SSSR count). The predicted molar refractivity (Wildman–Crippen MR) is 77.0 cm³/mol. The second kappa shape index (κ2) is 8.66. The molecule has 0 atom stereocenters. The normalized spacial score (nSPS) is 9.59. The number of carbonyl (C=O) groups is 1. The van der Waals surface area contributed by atoms with Gasteiger partial charge in [0.2, 0.25) is 0 Å². The minimum atomic E-state index is -0.366. The van der Waals surface area contributed by atoms with Gasteiger partial charge in [-0.25, -0.2) is 4.39 Å². The fraction of sp³-hybridized carbons (Fsp3) is 0.364. The first-order valence-corrected chi connectivity index (χ1v) is 6.16. The first-order chi connectivity index (χ1) is 7.65. The van der Waals surface area contributed by atoms with E-state index in [-0.39, 0.29) is 24.1 Å². The maximum absolute atomic E-state index is 13.2. The zero-order valence-corrected chi connectivity index (χ0v) is 12.2. The fourth-order valence-electron chi connectivity index (χ4n) is 1.21. The molecule has 6 heteroatoms. The standard InChI is InChI=1S/C11H14FIN2O.ClH/c12-9-7-8(3-4-10(9)13)11(16)15-6-2-1-5-14;/h3-4,7H,1-2,5-6,14H2,(H,15,16);1H. The largest absolute Gasteiger partial charge is 0.352 e. The van der Waals surface area contributed by atoms with E-state index in [1.54, 1.807) is 12.1 Å². The Kier molecular flexibility index (Phi) is 8.45. The maximum Gasteiger partial charge on any atom is 0.251 e. The van der Waals surface area contributed by atoms with Crippen LogP contribution in [0.5, 0.6) is 0 Å². The molecule has 3 nitrogen and oxygen atoms in total. The summed E-state index contributed by atoms with van der Waals surface area (Å²) in [5, 5.41) is 2.72. The van der Waals surface area contributed by atoms with Gasteiger partial charge in [-0.3, -0.25) is 4.79 Å². The lowest BCUT2D eigenvalue weighted by molar-refractivity contribution is 0.0952. The van der Waals surface area contributed by atoms with E-state index in [0.717, 1.165) is 12.8 Å². The van der Waals surface area contributed by atoms with Crippen LogP contribution in [0.15, 0.2) is 18.2 Å². The minimum absolute atomic E-state index is 0. The van der Waals surface area contributed by atoms with Crippen LogP contribution < -0.4 is 11.1 Å². The summed E-state index contributed by atoms with van der Waals surface area (Å²) >= 11 is 1.88. The van der Waals surface area contributed by atoms with Crippen LogP contribution in [-0.2, 0) is 0 Å². The Morgan fingerprint density at radius 1 is 1.41 bits per heavy atom. The zero-order valence-electron chi connectivity index (χ0n) is 9.21. The smallest absolute Gasteiger partial charge is 0.251 e. The maximum atomic E-state index is 13.2. The summed E-state index contributed by atoms with van der Waals surface area (Å²) in [6.07, 6.45) is 1.72. The molecule has 0 aromatic heterocycles. The number of unbranched alkanes of at least 4 members (excludes halogenated alkanes) is 1. The third-order valence-corrected chi connectivity index (χ3v) is 2.97. The molecule has 0 heterocycles. The summed E-state index contributed by atoms with van der Waals surface area (Å²) in [6.45, 7) is 1.19. The van der Waals surface area contributed by atoms with Gasteiger partial charge in [0.25, 0.3) is 5.91 Å². The van der Waals surface area contributed by atoms with Gasteiger partial charge in [0.05, 0.1) is 0 Å². The number of amides is 1. The molecule has 96 valence electrons. The number of nitrogens with one attached hydrogen (secondary N) is 1. The summed E-state index contributed by atoms with van der Waals surface area (Å²) in [4.78, 5) is 11.6. The molecule has 0 saturated heterocycles. The lowest BCUT2D eigenvalue weighted by Crippen LogP contribution is -2.25. The van der Waals surface area contributed by atoms with Gasteiger partial charge in [0.15, 0.2) is 0 Å². The van der Waals surface area contributed by atoms with E-state index in [1.807, 2.05) is 22.6 Å². The first-order valence-electron chi connectivity index (χ1n) is 5.08. The summed E-state index contributed by atoms with van der Waals surface area (Å²) in [5.74, 6) is -0.609. The molecular formula is C11H15ClFIN2O. The highest BCUT2D eigenvalue weighted by Crippen LogP contribution is 2.12. The topological polar surface area (TPSA) is 55.1 Å². The third kappa shape index (κ3) is 5.65. The first kappa shape index (κ1) is 16.6. The number of hydrogen-bond donors (Lipinski definition) is 2. The molecule has 1 aromatic carbocycles. The van der Waals surface area contributed by atoms with E-state index in [9.17, 15) is 9.18 Å². The van der Waals surface area contributed by atoms with Gasteiger partial charge in [-0.2, -0.15) is 0 Å². The Labute approximate surface area is 120 Å². The lowest BCUT2D eigenvalue weighted by atomic mass is 10.2. The van der Waals surface area contributed by atoms with Crippen molar-refractivity contribution in [1.29, 1.82) is 0 Å². The number of rotatable bonds is 5. The Morgan fingerprint density at radius 3 is 2.71 bits per heavy atom. The molecule has 3 N–H and O–H groups in total. The van der Waals surface area contributed by atoms with E-state index in [1.165, 1.54) is 6.07 Å². The second-order valence-corrected chi connectivity index (χ2v) is 4.54. The molecule has 0 aliphatic heterocycles. The molecule has 0 aliphatic rings. The zero-order chi connectivity index (χ0) is 12.0. The van der Waals surface area contributed by atoms with E-state index in [0.29, 0.717) is 22.2 Å². The van der Waals surface area contributed by atoms with Crippen molar-refractivity contribution in [3.8, 4) is 0 Å². The summed E-state index contributed by atoms with van der Waals surface area (Å²) in [7, 11) is 0. The molecule has 1 amide bonds. The minimum Gasteiger partial charge on any atom is -0.352 e. The fourth-order valence-corrected chi connectivity index (χ4v) is 1.55. The summed E-state index contributed by atoms with van der Waals surface area (Å²) < 4.78 is 13.7. The van der Waals surface area contributed by atoms with E-state index in [4.69, 9.17) is 5.73 Å². The van der Waals surface area contributed by atoms with E-state index < -0.39 is 0 Å². The molecule has 0 bridgehead atoms. The van der Waals surface area contributed by atoms with Gasteiger partial charge in [0.1, 0.15) is 5.82 Å². The van der Waals surface area contributed by atoms with Crippen molar-refractivity contribution in [3.63, 3.8) is 0 Å². The number of carbonyl (C=O) groups excluding carboxylic acids is 1. The van der Waals surface area contributed by atoms with Crippen LogP contribution in [0.1, 0.15) is 23.2 Å². The van der Waals surface area contributed by atoms with Crippen LogP contribution in [0.3, 0.4) is 0 Å². The highest BCUT2D eigenvalue weighted by Gasteiger charge is 2.07. The van der Waals surface area contributed by atoms with Crippen LogP contribution >= 0.6 is 35.0 Å². The molecule has 17 heavy (non-hydrogen) atoms. The van der Waals surface area contributed by atoms with Gasteiger partial charge in [0, 0.05) is 15.7 Å². The van der Waals surface area contributed by atoms with Crippen molar-refractivity contribution < 1.29 is 9.18 Å². The molecule has 0 radical (unpaired) electrons. The third-order valence-electron chi connectivity index (χ3n) is 2.10. The summed E-state index contributed by atoms with van der Waals surface area (Å²) in [6, 6.07) is 4.45. The van der Waals surface area contributed by atoms with Gasteiger partial charge in [-0.05, 0) is 60.2 Å². The van der Waals surface area contributed by atoms with Crippen molar-refractivity contribution in [3.05, 3.63) is 33.1 Å². The molecule has 0 fully saturated rings. The molecule has 0 unspecified atom stereocenters. The number of nitrogens with two attached hydrogens (primary N) is 1. The quantitative estimate of drug-likeness (QED) is 0.616. The van der Waals surface area contributed by atoms with Crippen molar-refractivity contribution in [2.45, 2.75) is 12.8 Å². The number of hydrogen-bond acceptors (Lipinski definition) is 2. The van der Waals surface area contributed by atoms with Gasteiger partial charge in [-0.1, -0.05) is 0 Å². The predicted octanol–water partition coefficient (Wildman–Crippen LogP) is 2.32. The summed E-state index contributed by atoms with van der Waals surface area (Å²) in [5.41, 5.74) is 5.68. The second-order valence-electron chi connectivity index (χ2n) is 3.38. The Bertz CT molecular complexity index is 376. The Hall–Kier alpha value is -0.400. The van der Waals surface area contributed by atoms with Crippen LogP contribution in [-0.4, -0.2) is 19.0 Å². The molecule has 0 saturated carbocycles. The van der Waals surface area contributed by atoms with Crippen LogP contribution in [0.4, 0.5) is 4.39 Å². The van der Waals surface area contributed by atoms with Crippen LogP contribution in [0, 0.1) is 9.39 Å². The average molecular weight is 373 g/mol.